The van der Waals surface area contributed by atoms with Crippen LogP contribution >= 0.6 is 11.8 Å². The molecule has 0 radical (unpaired) electrons. The largest absolute Gasteiger partial charge is 0.448 e. The zero-order valence-corrected chi connectivity index (χ0v) is 29.8. The fourth-order valence-electron chi connectivity index (χ4n) is 6.08. The number of β-lactam (4-membered cyclic amide) rings is 1. The van der Waals surface area contributed by atoms with E-state index in [1.807, 2.05) is 66.7 Å². The first-order chi connectivity index (χ1) is 25.0. The lowest BCUT2D eigenvalue weighted by molar-refractivity contribution is -0.154. The fourth-order valence-corrected chi connectivity index (χ4v) is 7.43. The predicted octanol–water partition coefficient (Wildman–Crippen LogP) is 6.51. The number of carbonyl (C=O) groups is 5. The number of nitrogens with zero attached hydrogens (tertiary/aromatic N) is 1. The lowest BCUT2D eigenvalue weighted by Gasteiger charge is -2.50. The van der Waals surface area contributed by atoms with Crippen molar-refractivity contribution < 1.29 is 33.4 Å². The summed E-state index contributed by atoms with van der Waals surface area (Å²) in [5.41, 5.74) is 2.07. The zero-order valence-electron chi connectivity index (χ0n) is 29.0. The molecule has 6 rings (SSSR count). The number of amides is 3. The van der Waals surface area contributed by atoms with Gasteiger partial charge in [0.05, 0.1) is 0 Å². The topological polar surface area (TPSA) is 131 Å². The maximum absolute atomic E-state index is 14.3. The van der Waals surface area contributed by atoms with Gasteiger partial charge in [-0.1, -0.05) is 121 Å². The molecule has 0 spiro atoms. The number of carbonyl (C=O) groups excluding carboxylic acids is 5. The van der Waals surface area contributed by atoms with Crippen molar-refractivity contribution in [2.45, 2.75) is 56.4 Å². The summed E-state index contributed by atoms with van der Waals surface area (Å²) in [5, 5.41) is 4.76. The van der Waals surface area contributed by atoms with Crippen LogP contribution in [0.25, 0.3) is 0 Å². The molecule has 11 heteroatoms. The molecule has 0 saturated carbocycles. The molecule has 3 amide bonds. The Hall–Kier alpha value is -5.68. The zero-order chi connectivity index (χ0) is 36.8. The number of Topliss-reactive ketones (excluding diaryl/α,β-unsaturated/α-hetero) is 1. The minimum atomic E-state index is -1.16. The number of nitrogens with one attached hydrogen (secondary N) is 2. The number of rotatable bonds is 11. The highest BCUT2D eigenvalue weighted by Gasteiger charge is 2.55. The standard InChI is InChI=1S/C41H39N3O7S/c1-41(2,3)51-40(49)43-32(27-18-10-5-11-19-27)36(46)42-33-37(47)44-34(30(25-52-38(33)44)24-31(45)26-16-8-4-9-17-26)39(48)50-35(28-20-12-6-13-21-28)29-22-14-7-15-23-29/h4-23,32-33,35,38H,24-25H2,1-3H3,(H,42,46)(H,43,49). The SMILES string of the molecule is CC(C)(C)OC(=O)NC(C(=O)NC1C(=O)N2C(C(=O)OC(c3ccccc3)c3ccccc3)=C(CC(=O)c3ccccc3)CSC12)c1ccccc1. The smallest absolute Gasteiger partial charge is 0.408 e. The molecule has 2 N–H and O–H groups in total. The van der Waals surface area contributed by atoms with Crippen molar-refractivity contribution >= 4 is 41.4 Å². The third-order valence-electron chi connectivity index (χ3n) is 8.49. The first-order valence-electron chi connectivity index (χ1n) is 16.9. The molecule has 3 atom stereocenters. The predicted molar refractivity (Wildman–Crippen MR) is 197 cm³/mol. The number of hydrogen-bond donors (Lipinski definition) is 2. The number of hydrogen-bond acceptors (Lipinski definition) is 8. The molecule has 52 heavy (non-hydrogen) atoms. The third-order valence-corrected chi connectivity index (χ3v) is 9.83. The Bertz CT molecular complexity index is 1930. The molecular weight excluding hydrogens is 679 g/mol. The molecule has 0 aliphatic carbocycles. The molecule has 2 heterocycles. The second-order valence-electron chi connectivity index (χ2n) is 13.4. The van der Waals surface area contributed by atoms with Crippen molar-refractivity contribution in [3.05, 3.63) is 155 Å². The molecule has 0 bridgehead atoms. The number of fused-ring (bicyclic) bond motifs is 1. The Balaban J connectivity index is 1.29. The average Bonchev–Trinajstić information content (AvgIpc) is 3.15. The summed E-state index contributed by atoms with van der Waals surface area (Å²) in [4.78, 5) is 69.7. The number of esters is 1. The monoisotopic (exact) mass is 717 g/mol. The van der Waals surface area contributed by atoms with Crippen LogP contribution in [0.15, 0.2) is 133 Å². The minimum Gasteiger partial charge on any atom is -0.448 e. The van der Waals surface area contributed by atoms with Crippen LogP contribution in [0.4, 0.5) is 4.79 Å². The summed E-state index contributed by atoms with van der Waals surface area (Å²) < 4.78 is 11.6. The summed E-state index contributed by atoms with van der Waals surface area (Å²) in [6.45, 7) is 5.14. The molecule has 3 unspecified atom stereocenters. The van der Waals surface area contributed by atoms with Gasteiger partial charge in [0.15, 0.2) is 11.9 Å². The maximum atomic E-state index is 14.3. The van der Waals surface area contributed by atoms with Crippen LogP contribution in [0.1, 0.15) is 66.4 Å². The molecule has 1 saturated heterocycles. The van der Waals surface area contributed by atoms with E-state index in [4.69, 9.17) is 9.47 Å². The first-order valence-corrected chi connectivity index (χ1v) is 18.0. The highest BCUT2D eigenvalue weighted by atomic mass is 32.2. The summed E-state index contributed by atoms with van der Waals surface area (Å²) in [7, 11) is 0. The number of ether oxygens (including phenoxy) is 2. The van der Waals surface area contributed by atoms with E-state index in [1.165, 1.54) is 16.7 Å². The van der Waals surface area contributed by atoms with Crippen LogP contribution in [0.2, 0.25) is 0 Å². The Morgan fingerprint density at radius 2 is 1.31 bits per heavy atom. The number of thioether (sulfide) groups is 1. The Morgan fingerprint density at radius 1 is 0.788 bits per heavy atom. The van der Waals surface area contributed by atoms with Crippen LogP contribution in [-0.4, -0.2) is 57.3 Å². The molecule has 10 nitrogen and oxygen atoms in total. The van der Waals surface area contributed by atoms with Crippen LogP contribution in [-0.2, 0) is 23.9 Å². The Kier molecular flexibility index (Phi) is 10.9. The second kappa shape index (κ2) is 15.7. The third kappa shape index (κ3) is 8.26. The number of alkyl carbamates (subject to hydrolysis) is 1. The van der Waals surface area contributed by atoms with Crippen molar-refractivity contribution in [1.82, 2.24) is 15.5 Å². The quantitative estimate of drug-likeness (QED) is 0.102. The van der Waals surface area contributed by atoms with Crippen LogP contribution in [0.3, 0.4) is 0 Å². The van der Waals surface area contributed by atoms with E-state index in [0.717, 1.165) is 11.1 Å². The van der Waals surface area contributed by atoms with E-state index in [-0.39, 0.29) is 23.7 Å². The molecule has 0 aromatic heterocycles. The summed E-state index contributed by atoms with van der Waals surface area (Å²) in [6, 6.07) is 33.7. The van der Waals surface area contributed by atoms with Gasteiger partial charge in [-0.2, -0.15) is 0 Å². The van der Waals surface area contributed by atoms with Gasteiger partial charge < -0.3 is 20.1 Å². The van der Waals surface area contributed by atoms with E-state index in [1.54, 1.807) is 75.4 Å². The van der Waals surface area contributed by atoms with Gasteiger partial charge in [-0.25, -0.2) is 9.59 Å². The van der Waals surface area contributed by atoms with Crippen molar-refractivity contribution in [1.29, 1.82) is 0 Å². The molecule has 1 fully saturated rings. The lowest BCUT2D eigenvalue weighted by Crippen LogP contribution is -2.71. The van der Waals surface area contributed by atoms with E-state index in [9.17, 15) is 24.0 Å². The summed E-state index contributed by atoms with van der Waals surface area (Å²) in [5.74, 6) is -1.89. The average molecular weight is 718 g/mol. The number of ketones is 1. The molecule has 4 aromatic carbocycles. The molecule has 2 aliphatic rings. The van der Waals surface area contributed by atoms with Gasteiger partial charge in [0, 0.05) is 17.7 Å². The molecule has 4 aromatic rings. The van der Waals surface area contributed by atoms with Gasteiger partial charge >= 0.3 is 12.1 Å². The summed E-state index contributed by atoms with van der Waals surface area (Å²) >= 11 is 1.33. The van der Waals surface area contributed by atoms with Crippen molar-refractivity contribution in [2.24, 2.45) is 0 Å². The van der Waals surface area contributed by atoms with E-state index in [0.29, 0.717) is 16.7 Å². The van der Waals surface area contributed by atoms with Gasteiger partial charge in [0.25, 0.3) is 5.91 Å². The van der Waals surface area contributed by atoms with Gasteiger partial charge in [-0.05, 0) is 43.0 Å². The van der Waals surface area contributed by atoms with Crippen molar-refractivity contribution in [3.63, 3.8) is 0 Å². The highest BCUT2D eigenvalue weighted by Crippen LogP contribution is 2.43. The minimum absolute atomic E-state index is 0.00752. The van der Waals surface area contributed by atoms with Crippen LogP contribution in [0, 0.1) is 0 Å². The van der Waals surface area contributed by atoms with Crippen LogP contribution in [0.5, 0.6) is 0 Å². The number of benzene rings is 4. The molecule has 266 valence electrons. The van der Waals surface area contributed by atoms with Crippen molar-refractivity contribution in [2.75, 3.05) is 5.75 Å². The van der Waals surface area contributed by atoms with Gasteiger partial charge in [0.2, 0.25) is 5.91 Å². The molecule has 2 aliphatic heterocycles. The van der Waals surface area contributed by atoms with E-state index >= 15 is 0 Å². The van der Waals surface area contributed by atoms with Gasteiger partial charge in [-0.3, -0.25) is 19.3 Å². The van der Waals surface area contributed by atoms with Crippen LogP contribution < -0.4 is 10.6 Å². The second-order valence-corrected chi connectivity index (χ2v) is 14.5. The first kappa shape index (κ1) is 36.1. The molecular formula is C41H39N3O7S. The normalized spacial score (nSPS) is 17.4. The maximum Gasteiger partial charge on any atom is 0.408 e. The summed E-state index contributed by atoms with van der Waals surface area (Å²) in [6.07, 6.45) is -1.69. The van der Waals surface area contributed by atoms with E-state index in [2.05, 4.69) is 10.6 Å². The Morgan fingerprint density at radius 3 is 1.85 bits per heavy atom. The van der Waals surface area contributed by atoms with E-state index < -0.39 is 53.0 Å². The highest BCUT2D eigenvalue weighted by molar-refractivity contribution is 8.00. The van der Waals surface area contributed by atoms with Gasteiger partial charge in [0.1, 0.15) is 28.8 Å². The van der Waals surface area contributed by atoms with Crippen molar-refractivity contribution in [3.8, 4) is 0 Å². The fraction of sp³-hybridized carbons (Fsp3) is 0.244. The Labute approximate surface area is 306 Å². The lowest BCUT2D eigenvalue weighted by atomic mass is 9.97. The van der Waals surface area contributed by atoms with Gasteiger partial charge in [-0.15, -0.1) is 11.8 Å².